The molecule has 112 valence electrons. The summed E-state index contributed by atoms with van der Waals surface area (Å²) in [5, 5.41) is 2.96. The minimum Gasteiger partial charge on any atom is -0.356 e. The lowest BCUT2D eigenvalue weighted by Crippen LogP contribution is -2.28. The van der Waals surface area contributed by atoms with E-state index in [-0.39, 0.29) is 17.2 Å². The smallest absolute Gasteiger partial charge is 0.222 e. The van der Waals surface area contributed by atoms with Crippen molar-refractivity contribution in [1.29, 1.82) is 0 Å². The van der Waals surface area contributed by atoms with E-state index >= 15 is 0 Å². The summed E-state index contributed by atoms with van der Waals surface area (Å²) >= 11 is 0. The molecular formula is C18H29NO. The van der Waals surface area contributed by atoms with E-state index in [0.717, 1.165) is 25.8 Å². The number of unbranched alkanes of at least 4 members (excludes halogenated alkanes) is 1. The summed E-state index contributed by atoms with van der Waals surface area (Å²) in [6.45, 7) is 11.3. The minimum absolute atomic E-state index is 0.0833. The Hall–Kier alpha value is -1.31. The van der Waals surface area contributed by atoms with Crippen LogP contribution in [0.4, 0.5) is 0 Å². The molecule has 0 aliphatic rings. The molecule has 1 aromatic rings. The van der Waals surface area contributed by atoms with Gasteiger partial charge in [-0.05, 0) is 35.8 Å². The molecule has 0 atom stereocenters. The molecule has 0 bridgehead atoms. The number of nitrogens with one attached hydrogen (secondary N) is 1. The van der Waals surface area contributed by atoms with Gasteiger partial charge in [0, 0.05) is 12.5 Å². The number of carbonyl (C=O) groups is 1. The highest BCUT2D eigenvalue weighted by molar-refractivity contribution is 5.77. The Bertz CT molecular complexity index is 412. The molecule has 0 unspecified atom stereocenters. The van der Waals surface area contributed by atoms with Crippen LogP contribution < -0.4 is 5.32 Å². The second-order valence-electron chi connectivity index (χ2n) is 6.85. The zero-order valence-corrected chi connectivity index (χ0v) is 13.6. The second kappa shape index (κ2) is 7.47. The topological polar surface area (TPSA) is 29.1 Å². The standard InChI is InChI=1S/C18H29NO/c1-14(2)17(20)19-13-7-6-8-15-9-11-16(12-10-15)18(3,4)5/h9-12,14H,6-8,13H2,1-5H3,(H,19,20). The van der Waals surface area contributed by atoms with Gasteiger partial charge in [-0.15, -0.1) is 0 Å². The van der Waals surface area contributed by atoms with Crippen LogP contribution in [0.1, 0.15) is 58.6 Å². The summed E-state index contributed by atoms with van der Waals surface area (Å²) in [5.41, 5.74) is 2.98. The summed E-state index contributed by atoms with van der Waals surface area (Å²) in [4.78, 5) is 11.4. The number of benzene rings is 1. The lowest BCUT2D eigenvalue weighted by Gasteiger charge is -2.19. The molecule has 0 spiro atoms. The molecule has 0 saturated heterocycles. The number of amides is 1. The van der Waals surface area contributed by atoms with Crippen molar-refractivity contribution in [2.75, 3.05) is 6.54 Å². The molecule has 0 saturated carbocycles. The first-order chi connectivity index (χ1) is 9.30. The van der Waals surface area contributed by atoms with Gasteiger partial charge in [-0.2, -0.15) is 0 Å². The van der Waals surface area contributed by atoms with Gasteiger partial charge in [-0.1, -0.05) is 58.9 Å². The maximum Gasteiger partial charge on any atom is 0.222 e. The van der Waals surface area contributed by atoms with E-state index in [9.17, 15) is 4.79 Å². The van der Waals surface area contributed by atoms with Crippen LogP contribution in [-0.2, 0) is 16.6 Å². The Labute approximate surface area is 124 Å². The van der Waals surface area contributed by atoms with Gasteiger partial charge in [-0.3, -0.25) is 4.79 Å². The molecule has 2 nitrogen and oxygen atoms in total. The monoisotopic (exact) mass is 275 g/mol. The number of hydrogen-bond acceptors (Lipinski definition) is 1. The first-order valence-corrected chi connectivity index (χ1v) is 7.68. The van der Waals surface area contributed by atoms with Crippen molar-refractivity contribution in [1.82, 2.24) is 5.32 Å². The first kappa shape index (κ1) is 16.7. The predicted octanol–water partition coefficient (Wildman–Crippen LogP) is 4.08. The third-order valence-electron chi connectivity index (χ3n) is 3.54. The van der Waals surface area contributed by atoms with E-state index in [1.54, 1.807) is 0 Å². The van der Waals surface area contributed by atoms with Gasteiger partial charge in [0.05, 0.1) is 0 Å². The molecule has 1 amide bonds. The average molecular weight is 275 g/mol. The fourth-order valence-corrected chi connectivity index (χ4v) is 2.04. The Balaban J connectivity index is 2.28. The summed E-state index contributed by atoms with van der Waals surface area (Å²) in [5.74, 6) is 0.236. The quantitative estimate of drug-likeness (QED) is 0.779. The molecule has 0 fully saturated rings. The van der Waals surface area contributed by atoms with Gasteiger partial charge >= 0.3 is 0 Å². The van der Waals surface area contributed by atoms with E-state index in [4.69, 9.17) is 0 Å². The second-order valence-corrected chi connectivity index (χ2v) is 6.85. The van der Waals surface area contributed by atoms with Crippen LogP contribution in [0.5, 0.6) is 0 Å². The predicted molar refractivity (Wildman–Crippen MR) is 85.9 cm³/mol. The van der Waals surface area contributed by atoms with Crippen LogP contribution in [-0.4, -0.2) is 12.5 Å². The summed E-state index contributed by atoms with van der Waals surface area (Å²) in [7, 11) is 0. The molecule has 0 heterocycles. The van der Waals surface area contributed by atoms with E-state index in [2.05, 4.69) is 50.4 Å². The zero-order chi connectivity index (χ0) is 15.2. The molecule has 0 aliphatic carbocycles. The van der Waals surface area contributed by atoms with Crippen LogP contribution in [0.2, 0.25) is 0 Å². The van der Waals surface area contributed by atoms with E-state index in [1.807, 2.05) is 13.8 Å². The third kappa shape index (κ3) is 5.77. The molecule has 1 N–H and O–H groups in total. The summed E-state index contributed by atoms with van der Waals surface area (Å²) < 4.78 is 0. The van der Waals surface area contributed by atoms with Crippen LogP contribution in [0, 0.1) is 5.92 Å². The maximum atomic E-state index is 11.4. The Morgan fingerprint density at radius 1 is 1.10 bits per heavy atom. The largest absolute Gasteiger partial charge is 0.356 e. The van der Waals surface area contributed by atoms with Crippen molar-refractivity contribution in [3.8, 4) is 0 Å². The van der Waals surface area contributed by atoms with Crippen molar-refractivity contribution in [2.45, 2.75) is 59.3 Å². The number of carbonyl (C=O) groups excluding carboxylic acids is 1. The van der Waals surface area contributed by atoms with Crippen molar-refractivity contribution < 1.29 is 4.79 Å². The molecule has 1 aromatic carbocycles. The Kier molecular flexibility index (Phi) is 6.25. The molecule has 0 aromatic heterocycles. The molecular weight excluding hydrogens is 246 g/mol. The Morgan fingerprint density at radius 2 is 1.70 bits per heavy atom. The summed E-state index contributed by atoms with van der Waals surface area (Å²) in [6.07, 6.45) is 3.24. The van der Waals surface area contributed by atoms with E-state index < -0.39 is 0 Å². The van der Waals surface area contributed by atoms with Crippen LogP contribution in [0.15, 0.2) is 24.3 Å². The SMILES string of the molecule is CC(C)C(=O)NCCCCc1ccc(C(C)(C)C)cc1. The first-order valence-electron chi connectivity index (χ1n) is 7.68. The van der Waals surface area contributed by atoms with Crippen molar-refractivity contribution >= 4 is 5.91 Å². The molecule has 20 heavy (non-hydrogen) atoms. The number of aryl methyl sites for hydroxylation is 1. The highest BCUT2D eigenvalue weighted by atomic mass is 16.1. The number of rotatable bonds is 6. The highest BCUT2D eigenvalue weighted by Gasteiger charge is 2.12. The van der Waals surface area contributed by atoms with Gasteiger partial charge in [-0.25, -0.2) is 0 Å². The van der Waals surface area contributed by atoms with Gasteiger partial charge in [0.1, 0.15) is 0 Å². The van der Waals surface area contributed by atoms with Gasteiger partial charge < -0.3 is 5.32 Å². The van der Waals surface area contributed by atoms with Crippen LogP contribution in [0.3, 0.4) is 0 Å². The fourth-order valence-electron chi connectivity index (χ4n) is 2.04. The van der Waals surface area contributed by atoms with Gasteiger partial charge in [0.2, 0.25) is 5.91 Å². The summed E-state index contributed by atoms with van der Waals surface area (Å²) in [6, 6.07) is 8.92. The van der Waals surface area contributed by atoms with Crippen molar-refractivity contribution in [3.63, 3.8) is 0 Å². The lowest BCUT2D eigenvalue weighted by molar-refractivity contribution is -0.123. The third-order valence-corrected chi connectivity index (χ3v) is 3.54. The van der Waals surface area contributed by atoms with Gasteiger partial charge in [0.15, 0.2) is 0 Å². The molecule has 2 heteroatoms. The lowest BCUT2D eigenvalue weighted by atomic mass is 9.86. The van der Waals surface area contributed by atoms with Crippen molar-refractivity contribution in [3.05, 3.63) is 35.4 Å². The molecule has 0 aliphatic heterocycles. The maximum absolute atomic E-state index is 11.4. The Morgan fingerprint density at radius 3 is 2.20 bits per heavy atom. The molecule has 0 radical (unpaired) electrons. The highest BCUT2D eigenvalue weighted by Crippen LogP contribution is 2.22. The van der Waals surface area contributed by atoms with Crippen LogP contribution >= 0.6 is 0 Å². The minimum atomic E-state index is 0.0833. The van der Waals surface area contributed by atoms with Crippen LogP contribution in [0.25, 0.3) is 0 Å². The average Bonchev–Trinajstić information content (AvgIpc) is 2.37. The van der Waals surface area contributed by atoms with E-state index in [1.165, 1.54) is 11.1 Å². The zero-order valence-electron chi connectivity index (χ0n) is 13.6. The van der Waals surface area contributed by atoms with E-state index in [0.29, 0.717) is 0 Å². The fraction of sp³-hybridized carbons (Fsp3) is 0.611. The van der Waals surface area contributed by atoms with Crippen molar-refractivity contribution in [2.24, 2.45) is 5.92 Å². The van der Waals surface area contributed by atoms with Gasteiger partial charge in [0.25, 0.3) is 0 Å². The molecule has 1 rings (SSSR count). The number of hydrogen-bond donors (Lipinski definition) is 1. The normalized spacial score (nSPS) is 11.7.